The number of hydrogen-bond acceptors (Lipinski definition) is 5. The van der Waals surface area contributed by atoms with E-state index < -0.39 is 10.0 Å². The van der Waals surface area contributed by atoms with Crippen LogP contribution >= 0.6 is 0 Å². The molecule has 0 aromatic rings. The highest BCUT2D eigenvalue weighted by Gasteiger charge is 2.30. The van der Waals surface area contributed by atoms with Crippen LogP contribution in [0, 0.1) is 0 Å². The molecule has 3 aliphatic heterocycles. The molecule has 3 rings (SSSR count). The first-order chi connectivity index (χ1) is 10.1. The molecule has 1 atom stereocenters. The van der Waals surface area contributed by atoms with Crippen molar-refractivity contribution < 1.29 is 13.2 Å². The second-order valence-corrected chi connectivity index (χ2v) is 7.07. The summed E-state index contributed by atoms with van der Waals surface area (Å²) >= 11 is 0. The van der Waals surface area contributed by atoms with E-state index in [9.17, 15) is 13.2 Å². The number of rotatable bonds is 3. The Morgan fingerprint density at radius 2 is 2.38 bits per heavy atom. The Kier molecular flexibility index (Phi) is 3.81. The Labute approximate surface area is 123 Å². The van der Waals surface area contributed by atoms with E-state index in [-0.39, 0.29) is 17.5 Å². The molecule has 0 aromatic carbocycles. The number of carbonyl (C=O) groups is 1. The molecule has 0 aliphatic carbocycles. The minimum atomic E-state index is -3.47. The first kappa shape index (κ1) is 14.3. The van der Waals surface area contributed by atoms with Crippen LogP contribution in [0.3, 0.4) is 0 Å². The second-order valence-electron chi connectivity index (χ2n) is 5.32. The number of amidine groups is 1. The molecule has 1 amide bonds. The van der Waals surface area contributed by atoms with Gasteiger partial charge in [-0.05, 0) is 31.5 Å². The maximum absolute atomic E-state index is 12.3. The number of allylic oxidation sites excluding steroid dienone is 2. The summed E-state index contributed by atoms with van der Waals surface area (Å²) in [6.45, 7) is 1.84. The monoisotopic (exact) mass is 310 g/mol. The second kappa shape index (κ2) is 5.61. The highest BCUT2D eigenvalue weighted by Crippen LogP contribution is 2.17. The van der Waals surface area contributed by atoms with E-state index in [1.54, 1.807) is 23.3 Å². The summed E-state index contributed by atoms with van der Waals surface area (Å²) in [6.07, 6.45) is 7.24. The zero-order valence-electron chi connectivity index (χ0n) is 11.6. The number of amides is 1. The predicted octanol–water partition coefficient (Wildman–Crippen LogP) is -0.648. The van der Waals surface area contributed by atoms with Gasteiger partial charge in [-0.2, -0.15) is 0 Å². The molecule has 1 unspecified atom stereocenters. The predicted molar refractivity (Wildman–Crippen MR) is 79.2 cm³/mol. The van der Waals surface area contributed by atoms with E-state index in [4.69, 9.17) is 0 Å². The van der Waals surface area contributed by atoms with Crippen LogP contribution in [0.5, 0.6) is 0 Å². The maximum Gasteiger partial charge on any atom is 0.256 e. The van der Waals surface area contributed by atoms with Crippen molar-refractivity contribution in [2.75, 3.05) is 25.4 Å². The summed E-state index contributed by atoms with van der Waals surface area (Å²) in [5.74, 6) is -0.0867. The van der Waals surface area contributed by atoms with E-state index >= 15 is 0 Å². The average Bonchev–Trinajstić information content (AvgIpc) is 2.96. The summed E-state index contributed by atoms with van der Waals surface area (Å²) < 4.78 is 27.0. The van der Waals surface area contributed by atoms with Gasteiger partial charge in [0.25, 0.3) is 15.9 Å². The van der Waals surface area contributed by atoms with Crippen molar-refractivity contribution in [3.8, 4) is 0 Å². The van der Waals surface area contributed by atoms with E-state index in [2.05, 4.69) is 15.0 Å². The quantitative estimate of drug-likeness (QED) is 0.723. The van der Waals surface area contributed by atoms with Gasteiger partial charge in [0.05, 0.1) is 11.3 Å². The molecule has 21 heavy (non-hydrogen) atoms. The van der Waals surface area contributed by atoms with Gasteiger partial charge in [-0.25, -0.2) is 8.42 Å². The van der Waals surface area contributed by atoms with Crippen molar-refractivity contribution in [3.05, 3.63) is 23.9 Å². The minimum Gasteiger partial charge on any atom is -0.350 e. The van der Waals surface area contributed by atoms with Crippen LogP contribution in [-0.4, -0.2) is 56.5 Å². The lowest BCUT2D eigenvalue weighted by Crippen LogP contribution is -2.44. The van der Waals surface area contributed by atoms with Crippen LogP contribution in [0.25, 0.3) is 0 Å². The molecule has 0 saturated carbocycles. The lowest BCUT2D eigenvalue weighted by Gasteiger charge is -2.28. The lowest BCUT2D eigenvalue weighted by molar-refractivity contribution is -0.117. The third-order valence-electron chi connectivity index (χ3n) is 3.77. The standard InChI is InChI=1S/C13H18N4O3S/c18-13(15-9-10-3-1-5-14-10)11-4-2-6-17-7-8-21(19,20)16-12(11)17/h2,4,6,10,14H,1,3,5,7-9H2,(H,15,18). The van der Waals surface area contributed by atoms with Crippen molar-refractivity contribution in [2.24, 2.45) is 4.40 Å². The zero-order valence-corrected chi connectivity index (χ0v) is 12.4. The van der Waals surface area contributed by atoms with Gasteiger partial charge in [0.1, 0.15) is 0 Å². The molecule has 0 bridgehead atoms. The Morgan fingerprint density at radius 3 is 3.14 bits per heavy atom. The van der Waals surface area contributed by atoms with Gasteiger partial charge in [-0.15, -0.1) is 4.40 Å². The van der Waals surface area contributed by atoms with E-state index in [0.29, 0.717) is 24.7 Å². The lowest BCUT2D eigenvalue weighted by atomic mass is 10.1. The number of nitrogens with one attached hydrogen (secondary N) is 2. The maximum atomic E-state index is 12.3. The fraction of sp³-hybridized carbons (Fsp3) is 0.538. The molecule has 2 N–H and O–H groups in total. The molecule has 114 valence electrons. The van der Waals surface area contributed by atoms with Crippen LogP contribution in [0.4, 0.5) is 0 Å². The van der Waals surface area contributed by atoms with Gasteiger partial charge in [0, 0.05) is 25.3 Å². The van der Waals surface area contributed by atoms with Crippen molar-refractivity contribution in [1.82, 2.24) is 15.5 Å². The Bertz CT molecular complexity index is 630. The number of sulfonamides is 1. The molecule has 8 heteroatoms. The Morgan fingerprint density at radius 1 is 1.52 bits per heavy atom. The summed E-state index contributed by atoms with van der Waals surface area (Å²) in [5.41, 5.74) is 0.304. The van der Waals surface area contributed by atoms with Crippen LogP contribution in [0.1, 0.15) is 12.8 Å². The largest absolute Gasteiger partial charge is 0.350 e. The average molecular weight is 310 g/mol. The Balaban J connectivity index is 1.73. The van der Waals surface area contributed by atoms with Crippen molar-refractivity contribution >= 4 is 21.8 Å². The fourth-order valence-corrected chi connectivity index (χ4v) is 3.62. The fourth-order valence-electron chi connectivity index (χ4n) is 2.64. The van der Waals surface area contributed by atoms with E-state index in [0.717, 1.165) is 19.4 Å². The van der Waals surface area contributed by atoms with Crippen LogP contribution in [0.15, 0.2) is 28.3 Å². The van der Waals surface area contributed by atoms with Crippen molar-refractivity contribution in [3.63, 3.8) is 0 Å². The molecular formula is C13H18N4O3S. The summed E-state index contributed by atoms with van der Waals surface area (Å²) in [6, 6.07) is 0.293. The molecule has 0 radical (unpaired) electrons. The molecule has 0 aromatic heterocycles. The van der Waals surface area contributed by atoms with Gasteiger partial charge < -0.3 is 15.5 Å². The van der Waals surface area contributed by atoms with Gasteiger partial charge in [0.15, 0.2) is 5.84 Å². The molecule has 1 fully saturated rings. The minimum absolute atomic E-state index is 0.0261. The van der Waals surface area contributed by atoms with Crippen molar-refractivity contribution in [2.45, 2.75) is 18.9 Å². The van der Waals surface area contributed by atoms with E-state index in [1.807, 2.05) is 0 Å². The summed E-state index contributed by atoms with van der Waals surface area (Å²) in [4.78, 5) is 14.0. The molecular weight excluding hydrogens is 292 g/mol. The summed E-state index contributed by atoms with van der Waals surface area (Å²) in [5, 5.41) is 6.15. The molecule has 3 heterocycles. The summed E-state index contributed by atoms with van der Waals surface area (Å²) in [7, 11) is -3.47. The highest BCUT2D eigenvalue weighted by molar-refractivity contribution is 7.90. The number of fused-ring (bicyclic) bond motifs is 1. The zero-order chi connectivity index (χ0) is 14.9. The SMILES string of the molecule is O=C(NCC1CCCN1)C1=CC=CN2CCS(=O)(=O)N=C12. The first-order valence-electron chi connectivity index (χ1n) is 7.05. The van der Waals surface area contributed by atoms with Crippen LogP contribution in [0.2, 0.25) is 0 Å². The highest BCUT2D eigenvalue weighted by atomic mass is 32.2. The normalized spacial score (nSPS) is 26.9. The topological polar surface area (TPSA) is 90.9 Å². The molecule has 7 nitrogen and oxygen atoms in total. The van der Waals surface area contributed by atoms with Gasteiger partial charge in [-0.3, -0.25) is 4.79 Å². The van der Waals surface area contributed by atoms with Crippen molar-refractivity contribution in [1.29, 1.82) is 0 Å². The third kappa shape index (κ3) is 3.16. The van der Waals surface area contributed by atoms with Crippen LogP contribution < -0.4 is 10.6 Å². The van der Waals surface area contributed by atoms with Gasteiger partial charge in [-0.1, -0.05) is 0 Å². The first-order valence-corrected chi connectivity index (χ1v) is 8.66. The van der Waals surface area contributed by atoms with Gasteiger partial charge >= 0.3 is 0 Å². The molecule has 0 spiro atoms. The number of carbonyl (C=O) groups excluding carboxylic acids is 1. The van der Waals surface area contributed by atoms with Crippen LogP contribution in [-0.2, 0) is 14.8 Å². The Hall–Kier alpha value is -1.67. The number of nitrogens with zero attached hydrogens (tertiary/aromatic N) is 2. The molecule has 3 aliphatic rings. The van der Waals surface area contributed by atoms with Gasteiger partial charge in [0.2, 0.25) is 0 Å². The number of hydrogen-bond donors (Lipinski definition) is 2. The van der Waals surface area contributed by atoms with E-state index in [1.165, 1.54) is 0 Å². The third-order valence-corrected chi connectivity index (χ3v) is 4.92. The molecule has 1 saturated heterocycles. The smallest absolute Gasteiger partial charge is 0.256 e.